The van der Waals surface area contributed by atoms with Crippen molar-refractivity contribution in [2.24, 2.45) is 5.92 Å². The first-order valence-corrected chi connectivity index (χ1v) is 7.86. The molecule has 0 radical (unpaired) electrons. The van der Waals surface area contributed by atoms with E-state index in [0.717, 1.165) is 29.2 Å². The lowest BCUT2D eigenvalue weighted by Crippen LogP contribution is -2.13. The number of aryl methyl sites for hydroxylation is 1. The van der Waals surface area contributed by atoms with Gasteiger partial charge >= 0.3 is 0 Å². The normalized spacial score (nSPS) is 18.9. The van der Waals surface area contributed by atoms with Gasteiger partial charge in [-0.25, -0.2) is 0 Å². The van der Waals surface area contributed by atoms with Crippen LogP contribution >= 0.6 is 11.8 Å². The molecule has 1 fully saturated rings. The molecule has 3 nitrogen and oxygen atoms in total. The highest BCUT2D eigenvalue weighted by Crippen LogP contribution is 2.29. The Kier molecular flexibility index (Phi) is 3.51. The zero-order chi connectivity index (χ0) is 13.2. The number of anilines is 2. The van der Waals surface area contributed by atoms with Crippen molar-refractivity contribution in [3.8, 4) is 0 Å². The third-order valence-electron chi connectivity index (χ3n) is 3.68. The fourth-order valence-electron chi connectivity index (χ4n) is 2.52. The number of fused-ring (bicyclic) bond motifs is 1. The SMILES string of the molecule is Cc1cc2c(NCC3CCSC3)ccc(N)c2cn1. The fourth-order valence-corrected chi connectivity index (χ4v) is 3.80. The van der Waals surface area contributed by atoms with Crippen LogP contribution < -0.4 is 11.1 Å². The summed E-state index contributed by atoms with van der Waals surface area (Å²) >= 11 is 2.06. The highest BCUT2D eigenvalue weighted by molar-refractivity contribution is 7.99. The third kappa shape index (κ3) is 2.63. The van der Waals surface area contributed by atoms with Crippen molar-refractivity contribution in [2.75, 3.05) is 29.1 Å². The van der Waals surface area contributed by atoms with Crippen LogP contribution in [-0.4, -0.2) is 23.0 Å². The second kappa shape index (κ2) is 5.29. The van der Waals surface area contributed by atoms with Gasteiger partial charge in [-0.05, 0) is 49.0 Å². The van der Waals surface area contributed by atoms with Gasteiger partial charge in [0.25, 0.3) is 0 Å². The number of benzene rings is 1. The predicted molar refractivity (Wildman–Crippen MR) is 84.8 cm³/mol. The van der Waals surface area contributed by atoms with Gasteiger partial charge in [0.1, 0.15) is 0 Å². The Hall–Kier alpha value is -1.42. The summed E-state index contributed by atoms with van der Waals surface area (Å²) in [6, 6.07) is 6.15. The van der Waals surface area contributed by atoms with Crippen molar-refractivity contribution < 1.29 is 0 Å². The molecule has 1 saturated heterocycles. The Labute approximate surface area is 118 Å². The molecule has 0 aliphatic carbocycles. The Morgan fingerprint density at radius 3 is 3.11 bits per heavy atom. The second-order valence-electron chi connectivity index (χ2n) is 5.18. The molecule has 100 valence electrons. The van der Waals surface area contributed by atoms with E-state index in [1.165, 1.54) is 29.0 Å². The molecule has 1 aliphatic heterocycles. The maximum Gasteiger partial charge on any atom is 0.0422 e. The highest BCUT2D eigenvalue weighted by Gasteiger charge is 2.15. The van der Waals surface area contributed by atoms with Gasteiger partial charge in [0, 0.05) is 40.6 Å². The number of nitrogens with two attached hydrogens (primary N) is 1. The summed E-state index contributed by atoms with van der Waals surface area (Å²) in [5.74, 6) is 3.37. The van der Waals surface area contributed by atoms with Crippen LogP contribution in [0.4, 0.5) is 11.4 Å². The van der Waals surface area contributed by atoms with Gasteiger partial charge in [0.15, 0.2) is 0 Å². The lowest BCUT2D eigenvalue weighted by atomic mass is 10.1. The Morgan fingerprint density at radius 2 is 2.32 bits per heavy atom. The molecule has 0 saturated carbocycles. The van der Waals surface area contributed by atoms with Gasteiger partial charge in [-0.2, -0.15) is 11.8 Å². The Morgan fingerprint density at radius 1 is 1.42 bits per heavy atom. The summed E-state index contributed by atoms with van der Waals surface area (Å²) in [7, 11) is 0. The van der Waals surface area contributed by atoms with E-state index in [4.69, 9.17) is 5.73 Å². The summed E-state index contributed by atoms with van der Waals surface area (Å²) in [5.41, 5.74) is 9.02. The van der Waals surface area contributed by atoms with Crippen LogP contribution in [0, 0.1) is 12.8 Å². The predicted octanol–water partition coefficient (Wildman–Crippen LogP) is 3.29. The molecule has 1 aliphatic rings. The monoisotopic (exact) mass is 273 g/mol. The molecule has 2 heterocycles. The number of nitrogens with one attached hydrogen (secondary N) is 1. The number of hydrogen-bond acceptors (Lipinski definition) is 4. The molecule has 3 rings (SSSR count). The van der Waals surface area contributed by atoms with Crippen molar-refractivity contribution in [1.82, 2.24) is 4.98 Å². The number of rotatable bonds is 3. The van der Waals surface area contributed by atoms with E-state index in [9.17, 15) is 0 Å². The first kappa shape index (κ1) is 12.6. The van der Waals surface area contributed by atoms with Crippen LogP contribution in [0.25, 0.3) is 10.8 Å². The average molecular weight is 273 g/mol. The van der Waals surface area contributed by atoms with Crippen molar-refractivity contribution in [1.29, 1.82) is 0 Å². The second-order valence-corrected chi connectivity index (χ2v) is 6.33. The smallest absolute Gasteiger partial charge is 0.0422 e. The largest absolute Gasteiger partial charge is 0.398 e. The summed E-state index contributed by atoms with van der Waals surface area (Å²) in [5, 5.41) is 5.80. The Balaban J connectivity index is 1.89. The minimum Gasteiger partial charge on any atom is -0.398 e. The van der Waals surface area contributed by atoms with Gasteiger partial charge < -0.3 is 11.1 Å². The molecule has 0 amide bonds. The zero-order valence-electron chi connectivity index (χ0n) is 11.1. The number of aromatic nitrogens is 1. The molecule has 4 heteroatoms. The molecule has 0 bridgehead atoms. The summed E-state index contributed by atoms with van der Waals surface area (Å²) in [6.07, 6.45) is 3.20. The molecule has 2 aromatic rings. The van der Waals surface area contributed by atoms with E-state index in [-0.39, 0.29) is 0 Å². The molecular weight excluding hydrogens is 254 g/mol. The quantitative estimate of drug-likeness (QED) is 0.843. The average Bonchev–Trinajstić information content (AvgIpc) is 2.91. The highest BCUT2D eigenvalue weighted by atomic mass is 32.2. The number of nitrogen functional groups attached to an aromatic ring is 1. The molecule has 1 aromatic heterocycles. The molecule has 3 N–H and O–H groups in total. The van der Waals surface area contributed by atoms with Gasteiger partial charge in [-0.1, -0.05) is 0 Å². The van der Waals surface area contributed by atoms with Crippen LogP contribution in [0.15, 0.2) is 24.4 Å². The van der Waals surface area contributed by atoms with Crippen LogP contribution in [-0.2, 0) is 0 Å². The maximum absolute atomic E-state index is 6.02. The first-order chi connectivity index (χ1) is 9.24. The van der Waals surface area contributed by atoms with Gasteiger partial charge in [-0.3, -0.25) is 4.98 Å². The Bertz CT molecular complexity index is 591. The van der Waals surface area contributed by atoms with Crippen molar-refractivity contribution in [3.05, 3.63) is 30.1 Å². The van der Waals surface area contributed by atoms with E-state index >= 15 is 0 Å². The minimum absolute atomic E-state index is 0.792. The topological polar surface area (TPSA) is 50.9 Å². The third-order valence-corrected chi connectivity index (χ3v) is 4.91. The molecule has 0 spiro atoms. The summed E-state index contributed by atoms with van der Waals surface area (Å²) in [6.45, 7) is 3.06. The van der Waals surface area contributed by atoms with Crippen LogP contribution in [0.2, 0.25) is 0 Å². The minimum atomic E-state index is 0.792. The lowest BCUT2D eigenvalue weighted by molar-refractivity contribution is 0.632. The van der Waals surface area contributed by atoms with Crippen molar-refractivity contribution >= 4 is 33.9 Å². The van der Waals surface area contributed by atoms with Gasteiger partial charge in [-0.15, -0.1) is 0 Å². The fraction of sp³-hybridized carbons (Fsp3) is 0.400. The van der Waals surface area contributed by atoms with Crippen molar-refractivity contribution in [2.45, 2.75) is 13.3 Å². The molecule has 1 atom stereocenters. The van der Waals surface area contributed by atoms with Gasteiger partial charge in [0.05, 0.1) is 0 Å². The summed E-state index contributed by atoms with van der Waals surface area (Å²) in [4.78, 5) is 4.34. The summed E-state index contributed by atoms with van der Waals surface area (Å²) < 4.78 is 0. The van der Waals surface area contributed by atoms with E-state index in [0.29, 0.717) is 0 Å². The van der Waals surface area contributed by atoms with E-state index < -0.39 is 0 Å². The van der Waals surface area contributed by atoms with Crippen molar-refractivity contribution in [3.63, 3.8) is 0 Å². The van der Waals surface area contributed by atoms with E-state index in [1.54, 1.807) is 0 Å². The number of thioether (sulfide) groups is 1. The van der Waals surface area contributed by atoms with E-state index in [2.05, 4.69) is 34.2 Å². The van der Waals surface area contributed by atoms with Crippen LogP contribution in [0.5, 0.6) is 0 Å². The maximum atomic E-state index is 6.02. The van der Waals surface area contributed by atoms with Crippen LogP contribution in [0.3, 0.4) is 0 Å². The molecule has 19 heavy (non-hydrogen) atoms. The molecule has 1 unspecified atom stereocenters. The lowest BCUT2D eigenvalue weighted by Gasteiger charge is -2.14. The van der Waals surface area contributed by atoms with Crippen LogP contribution in [0.1, 0.15) is 12.1 Å². The van der Waals surface area contributed by atoms with Gasteiger partial charge in [0.2, 0.25) is 0 Å². The first-order valence-electron chi connectivity index (χ1n) is 6.70. The number of hydrogen-bond donors (Lipinski definition) is 2. The standard InChI is InChI=1S/C15H19N3S/c1-10-6-12-13(8-17-10)14(16)2-3-15(12)18-7-11-4-5-19-9-11/h2-3,6,8,11,18H,4-5,7,9,16H2,1H3. The zero-order valence-corrected chi connectivity index (χ0v) is 12.0. The molecule has 1 aromatic carbocycles. The number of nitrogens with zero attached hydrogens (tertiary/aromatic N) is 1. The molecular formula is C15H19N3S. The van der Waals surface area contributed by atoms with E-state index in [1.807, 2.05) is 19.2 Å². The number of pyridine rings is 1.